The second-order valence-electron chi connectivity index (χ2n) is 3.48. The van der Waals surface area contributed by atoms with Crippen LogP contribution in [0.15, 0.2) is 30.3 Å². The number of carbonyl (C=O) groups excluding carboxylic acids is 1. The van der Waals surface area contributed by atoms with E-state index in [1.54, 1.807) is 13.8 Å². The molecule has 0 aliphatic heterocycles. The fourth-order valence-electron chi connectivity index (χ4n) is 0.896. The van der Waals surface area contributed by atoms with Crippen LogP contribution in [0.1, 0.15) is 19.4 Å². The van der Waals surface area contributed by atoms with Gasteiger partial charge in [0, 0.05) is 5.56 Å². The maximum absolute atomic E-state index is 10.6. The van der Waals surface area contributed by atoms with Crippen LogP contribution in [0, 0.1) is 0 Å². The molecule has 0 spiro atoms. The highest BCUT2D eigenvalue weighted by Gasteiger charge is 2.20. The molecule has 0 aromatic heterocycles. The number of rotatable bonds is 3. The van der Waals surface area contributed by atoms with Crippen molar-refractivity contribution in [2.75, 3.05) is 0 Å². The molecule has 0 heterocycles. The van der Waals surface area contributed by atoms with Gasteiger partial charge in [-0.1, -0.05) is 30.3 Å². The summed E-state index contributed by atoms with van der Waals surface area (Å²) in [5, 5.41) is 0.350. The minimum atomic E-state index is -0.854. The van der Waals surface area contributed by atoms with Crippen molar-refractivity contribution in [3.05, 3.63) is 35.9 Å². The Bertz CT molecular complexity index is 330. The van der Waals surface area contributed by atoms with E-state index in [9.17, 15) is 4.79 Å². The van der Waals surface area contributed by atoms with Gasteiger partial charge in [-0.15, -0.1) is 0 Å². The first-order valence-electron chi connectivity index (χ1n) is 4.30. The number of aldehydes is 1. The molecule has 1 rings (SSSR count). The summed E-state index contributed by atoms with van der Waals surface area (Å²) in [7, 11) is 0. The topological polar surface area (TPSA) is 26.3 Å². The van der Waals surface area contributed by atoms with Crippen LogP contribution in [-0.4, -0.2) is 16.9 Å². The van der Waals surface area contributed by atoms with Crippen molar-refractivity contribution in [3.8, 4) is 0 Å². The third-order valence-electron chi connectivity index (χ3n) is 1.65. The van der Waals surface area contributed by atoms with Crippen molar-refractivity contribution < 1.29 is 9.53 Å². The number of ether oxygens (including phenoxy) is 1. The van der Waals surface area contributed by atoms with Crippen LogP contribution in [-0.2, 0) is 9.53 Å². The summed E-state index contributed by atoms with van der Waals surface area (Å²) >= 11 is 5.05. The van der Waals surface area contributed by atoms with Gasteiger partial charge in [0.1, 0.15) is 0 Å². The Morgan fingerprint density at radius 2 is 1.93 bits per heavy atom. The van der Waals surface area contributed by atoms with E-state index in [0.717, 1.165) is 11.8 Å². The first kappa shape index (κ1) is 10.9. The van der Waals surface area contributed by atoms with Gasteiger partial charge in [-0.3, -0.25) is 4.79 Å². The van der Waals surface area contributed by atoms with Crippen LogP contribution in [0.2, 0.25) is 0 Å². The standard InChI is InChI=1S/C11H12O2S/c1-11(2,8-12)13-10(14)9-6-4-3-5-7-9/h3-8H,1-2H3. The average Bonchev–Trinajstić information content (AvgIpc) is 2.19. The zero-order valence-electron chi connectivity index (χ0n) is 8.19. The fraction of sp³-hybridized carbons (Fsp3) is 0.273. The third-order valence-corrected chi connectivity index (χ3v) is 1.97. The van der Waals surface area contributed by atoms with E-state index in [2.05, 4.69) is 0 Å². The molecule has 0 fully saturated rings. The molecule has 0 N–H and O–H groups in total. The number of hydrogen-bond donors (Lipinski definition) is 0. The van der Waals surface area contributed by atoms with Gasteiger partial charge in [-0.05, 0) is 26.1 Å². The van der Waals surface area contributed by atoms with Gasteiger partial charge in [0.2, 0.25) is 0 Å². The molecule has 1 aromatic rings. The third kappa shape index (κ3) is 2.92. The molecular formula is C11H12O2S. The van der Waals surface area contributed by atoms with Gasteiger partial charge in [0.05, 0.1) is 0 Å². The van der Waals surface area contributed by atoms with E-state index in [-0.39, 0.29) is 0 Å². The fourth-order valence-corrected chi connectivity index (χ4v) is 1.25. The lowest BCUT2D eigenvalue weighted by Crippen LogP contribution is -2.29. The predicted octanol–water partition coefficient (Wildman–Crippen LogP) is 2.36. The lowest BCUT2D eigenvalue weighted by Gasteiger charge is -2.19. The lowest BCUT2D eigenvalue weighted by molar-refractivity contribution is -0.119. The van der Waals surface area contributed by atoms with Crippen molar-refractivity contribution in [2.45, 2.75) is 19.4 Å². The van der Waals surface area contributed by atoms with Crippen LogP contribution >= 0.6 is 12.2 Å². The summed E-state index contributed by atoms with van der Waals surface area (Å²) in [6.45, 7) is 3.35. The second kappa shape index (κ2) is 4.33. The quantitative estimate of drug-likeness (QED) is 0.563. The minimum Gasteiger partial charge on any atom is -0.469 e. The van der Waals surface area contributed by atoms with E-state index in [0.29, 0.717) is 5.05 Å². The zero-order chi connectivity index (χ0) is 10.6. The molecule has 0 saturated heterocycles. The molecule has 0 radical (unpaired) electrons. The highest BCUT2D eigenvalue weighted by atomic mass is 32.1. The number of benzene rings is 1. The first-order chi connectivity index (χ1) is 6.55. The van der Waals surface area contributed by atoms with Crippen molar-refractivity contribution in [3.63, 3.8) is 0 Å². The van der Waals surface area contributed by atoms with E-state index in [4.69, 9.17) is 17.0 Å². The summed E-state index contributed by atoms with van der Waals surface area (Å²) in [5.41, 5.74) is -0.0372. The lowest BCUT2D eigenvalue weighted by atomic mass is 10.1. The summed E-state index contributed by atoms with van der Waals surface area (Å²) < 4.78 is 5.34. The first-order valence-corrected chi connectivity index (χ1v) is 4.71. The van der Waals surface area contributed by atoms with Gasteiger partial charge in [-0.2, -0.15) is 0 Å². The Hall–Kier alpha value is -1.22. The Balaban J connectivity index is 2.74. The van der Waals surface area contributed by atoms with Crippen LogP contribution in [0.25, 0.3) is 0 Å². The highest BCUT2D eigenvalue weighted by Crippen LogP contribution is 2.11. The van der Waals surface area contributed by atoms with E-state index in [1.165, 1.54) is 0 Å². The SMILES string of the molecule is CC(C)(C=O)OC(=S)c1ccccc1. The molecule has 0 aliphatic carbocycles. The highest BCUT2D eigenvalue weighted by molar-refractivity contribution is 7.80. The Morgan fingerprint density at radius 1 is 1.36 bits per heavy atom. The van der Waals surface area contributed by atoms with Gasteiger partial charge in [0.15, 0.2) is 16.9 Å². The summed E-state index contributed by atoms with van der Waals surface area (Å²) in [4.78, 5) is 10.6. The Labute approximate surface area is 88.9 Å². The Morgan fingerprint density at radius 3 is 2.43 bits per heavy atom. The van der Waals surface area contributed by atoms with Gasteiger partial charge < -0.3 is 4.74 Å². The van der Waals surface area contributed by atoms with Gasteiger partial charge >= 0.3 is 0 Å². The summed E-state index contributed by atoms with van der Waals surface area (Å²) in [6.07, 6.45) is 0.738. The van der Waals surface area contributed by atoms with Crippen LogP contribution in [0.5, 0.6) is 0 Å². The molecule has 0 aliphatic rings. The molecule has 0 atom stereocenters. The van der Waals surface area contributed by atoms with Gasteiger partial charge in [-0.25, -0.2) is 0 Å². The number of thiocarbonyl (C=S) groups is 1. The zero-order valence-corrected chi connectivity index (χ0v) is 9.01. The van der Waals surface area contributed by atoms with E-state index < -0.39 is 5.60 Å². The largest absolute Gasteiger partial charge is 0.469 e. The molecular weight excluding hydrogens is 196 g/mol. The molecule has 0 bridgehead atoms. The minimum absolute atomic E-state index is 0.350. The molecule has 3 heteroatoms. The Kier molecular flexibility index (Phi) is 3.36. The second-order valence-corrected chi connectivity index (χ2v) is 3.85. The molecule has 14 heavy (non-hydrogen) atoms. The molecule has 74 valence electrons. The maximum atomic E-state index is 10.6. The van der Waals surface area contributed by atoms with E-state index in [1.807, 2.05) is 30.3 Å². The monoisotopic (exact) mass is 208 g/mol. The number of hydrogen-bond acceptors (Lipinski definition) is 3. The molecule has 0 amide bonds. The maximum Gasteiger partial charge on any atom is 0.192 e. The normalized spacial score (nSPS) is 10.7. The molecule has 1 aromatic carbocycles. The predicted molar refractivity (Wildman–Crippen MR) is 59.4 cm³/mol. The average molecular weight is 208 g/mol. The van der Waals surface area contributed by atoms with Crippen molar-refractivity contribution in [2.24, 2.45) is 0 Å². The van der Waals surface area contributed by atoms with E-state index >= 15 is 0 Å². The molecule has 0 saturated carbocycles. The summed E-state index contributed by atoms with van der Waals surface area (Å²) in [6, 6.07) is 9.35. The van der Waals surface area contributed by atoms with Crippen molar-refractivity contribution in [1.29, 1.82) is 0 Å². The van der Waals surface area contributed by atoms with Crippen molar-refractivity contribution >= 4 is 23.6 Å². The van der Waals surface area contributed by atoms with Crippen LogP contribution in [0.4, 0.5) is 0 Å². The van der Waals surface area contributed by atoms with Crippen LogP contribution < -0.4 is 0 Å². The molecule has 2 nitrogen and oxygen atoms in total. The smallest absolute Gasteiger partial charge is 0.192 e. The summed E-state index contributed by atoms with van der Waals surface area (Å²) in [5.74, 6) is 0. The number of carbonyl (C=O) groups is 1. The molecule has 0 unspecified atom stereocenters. The van der Waals surface area contributed by atoms with Crippen LogP contribution in [0.3, 0.4) is 0 Å². The van der Waals surface area contributed by atoms with Crippen molar-refractivity contribution in [1.82, 2.24) is 0 Å². The van der Waals surface area contributed by atoms with Gasteiger partial charge in [0.25, 0.3) is 0 Å².